The second-order valence-corrected chi connectivity index (χ2v) is 6.65. The van der Waals surface area contributed by atoms with Crippen LogP contribution in [0.1, 0.15) is 49.9 Å². The molecule has 0 unspecified atom stereocenters. The van der Waals surface area contributed by atoms with Gasteiger partial charge in [-0.2, -0.15) is 0 Å². The van der Waals surface area contributed by atoms with E-state index in [2.05, 4.69) is 17.0 Å². The van der Waals surface area contributed by atoms with Gasteiger partial charge in [0.15, 0.2) is 0 Å². The fourth-order valence-electron chi connectivity index (χ4n) is 1.73. The number of sulfonamides is 1. The van der Waals surface area contributed by atoms with Crippen molar-refractivity contribution < 1.29 is 13.2 Å². The minimum atomic E-state index is -3.48. The summed E-state index contributed by atoms with van der Waals surface area (Å²) in [5.41, 5.74) is 0.471. The molecule has 0 saturated heterocycles. The summed E-state index contributed by atoms with van der Waals surface area (Å²) in [6.45, 7) is 5.11. The standard InChI is InChI=1S/C15H24N2O3S/c1-3-5-11-16-15(18)13-7-9-14(10-8-13)21(19,20)17-12-6-4-2/h7-10,17H,3-6,11-12H2,1-2H3,(H,16,18). The molecule has 0 spiro atoms. The van der Waals surface area contributed by atoms with Crippen molar-refractivity contribution in [2.75, 3.05) is 13.1 Å². The summed E-state index contributed by atoms with van der Waals surface area (Å²) in [6, 6.07) is 6.00. The van der Waals surface area contributed by atoms with Gasteiger partial charge in [0.1, 0.15) is 0 Å². The fraction of sp³-hybridized carbons (Fsp3) is 0.533. The highest BCUT2D eigenvalue weighted by Crippen LogP contribution is 2.10. The number of amides is 1. The van der Waals surface area contributed by atoms with E-state index in [0.717, 1.165) is 25.7 Å². The summed E-state index contributed by atoms with van der Waals surface area (Å²) in [6.07, 6.45) is 3.68. The van der Waals surface area contributed by atoms with E-state index in [0.29, 0.717) is 18.7 Å². The van der Waals surface area contributed by atoms with E-state index < -0.39 is 10.0 Å². The summed E-state index contributed by atoms with van der Waals surface area (Å²) < 4.78 is 26.5. The molecule has 0 saturated carbocycles. The molecule has 118 valence electrons. The highest BCUT2D eigenvalue weighted by atomic mass is 32.2. The molecule has 0 heterocycles. The molecule has 1 aromatic rings. The normalized spacial score (nSPS) is 11.3. The van der Waals surface area contributed by atoms with Crippen molar-refractivity contribution in [3.05, 3.63) is 29.8 Å². The average molecular weight is 312 g/mol. The summed E-state index contributed by atoms with van der Waals surface area (Å²) in [7, 11) is -3.48. The Bertz CT molecular complexity index is 539. The van der Waals surface area contributed by atoms with E-state index in [9.17, 15) is 13.2 Å². The zero-order valence-corrected chi connectivity index (χ0v) is 13.5. The van der Waals surface area contributed by atoms with E-state index in [1.54, 1.807) is 0 Å². The molecule has 0 aliphatic heterocycles. The average Bonchev–Trinajstić information content (AvgIpc) is 2.47. The Balaban J connectivity index is 2.66. The Kier molecular flexibility index (Phi) is 7.39. The van der Waals surface area contributed by atoms with Gasteiger partial charge in [-0.05, 0) is 37.1 Å². The minimum Gasteiger partial charge on any atom is -0.352 e. The van der Waals surface area contributed by atoms with Crippen LogP contribution in [0.2, 0.25) is 0 Å². The van der Waals surface area contributed by atoms with Gasteiger partial charge in [0, 0.05) is 18.7 Å². The number of carbonyl (C=O) groups excluding carboxylic acids is 1. The van der Waals surface area contributed by atoms with Gasteiger partial charge in [-0.15, -0.1) is 0 Å². The number of carbonyl (C=O) groups is 1. The lowest BCUT2D eigenvalue weighted by Gasteiger charge is -2.08. The fourth-order valence-corrected chi connectivity index (χ4v) is 2.81. The maximum atomic E-state index is 12.0. The molecule has 5 nitrogen and oxygen atoms in total. The molecule has 0 aromatic heterocycles. The lowest BCUT2D eigenvalue weighted by atomic mass is 10.2. The van der Waals surface area contributed by atoms with Crippen LogP contribution in [0.5, 0.6) is 0 Å². The first-order valence-electron chi connectivity index (χ1n) is 7.39. The van der Waals surface area contributed by atoms with Crippen molar-refractivity contribution in [3.63, 3.8) is 0 Å². The highest BCUT2D eigenvalue weighted by Gasteiger charge is 2.14. The van der Waals surface area contributed by atoms with E-state index >= 15 is 0 Å². The van der Waals surface area contributed by atoms with Crippen LogP contribution in [0.4, 0.5) is 0 Å². The number of benzene rings is 1. The van der Waals surface area contributed by atoms with Crippen molar-refractivity contribution in [3.8, 4) is 0 Å². The third-order valence-electron chi connectivity index (χ3n) is 3.07. The van der Waals surface area contributed by atoms with Crippen LogP contribution in [0.3, 0.4) is 0 Å². The van der Waals surface area contributed by atoms with Gasteiger partial charge in [-0.3, -0.25) is 4.79 Å². The van der Waals surface area contributed by atoms with Crippen LogP contribution in [0.25, 0.3) is 0 Å². The lowest BCUT2D eigenvalue weighted by Crippen LogP contribution is -2.26. The SMILES string of the molecule is CCCCNC(=O)c1ccc(S(=O)(=O)NCCCC)cc1. The smallest absolute Gasteiger partial charge is 0.251 e. The molecule has 6 heteroatoms. The Morgan fingerprint density at radius 1 is 1.00 bits per heavy atom. The number of rotatable bonds is 9. The minimum absolute atomic E-state index is 0.175. The molecule has 1 aromatic carbocycles. The number of unbranched alkanes of at least 4 members (excludes halogenated alkanes) is 2. The Morgan fingerprint density at radius 2 is 1.57 bits per heavy atom. The van der Waals surface area contributed by atoms with Crippen LogP contribution in [0, 0.1) is 0 Å². The third kappa shape index (κ3) is 5.85. The molecule has 21 heavy (non-hydrogen) atoms. The van der Waals surface area contributed by atoms with E-state index in [1.807, 2.05) is 6.92 Å². The number of nitrogens with one attached hydrogen (secondary N) is 2. The zero-order chi connectivity index (χ0) is 15.7. The molecule has 1 rings (SSSR count). The molecule has 0 fully saturated rings. The molecule has 2 N–H and O–H groups in total. The van der Waals surface area contributed by atoms with Crippen LogP contribution in [-0.4, -0.2) is 27.4 Å². The van der Waals surface area contributed by atoms with Gasteiger partial charge in [0.25, 0.3) is 5.91 Å². The molecule has 1 amide bonds. The van der Waals surface area contributed by atoms with Crippen molar-refractivity contribution in [1.29, 1.82) is 0 Å². The first-order chi connectivity index (χ1) is 10.0. The van der Waals surface area contributed by atoms with Crippen LogP contribution in [0.15, 0.2) is 29.2 Å². The van der Waals surface area contributed by atoms with Gasteiger partial charge in [-0.1, -0.05) is 26.7 Å². The molecule has 0 atom stereocenters. The van der Waals surface area contributed by atoms with Crippen molar-refractivity contribution in [1.82, 2.24) is 10.0 Å². The summed E-state index contributed by atoms with van der Waals surface area (Å²) in [4.78, 5) is 12.0. The maximum Gasteiger partial charge on any atom is 0.251 e. The molecular weight excluding hydrogens is 288 g/mol. The van der Waals surface area contributed by atoms with Gasteiger partial charge in [0.05, 0.1) is 4.90 Å². The topological polar surface area (TPSA) is 75.3 Å². The van der Waals surface area contributed by atoms with Crippen LogP contribution >= 0.6 is 0 Å². The predicted molar refractivity (Wildman–Crippen MR) is 83.8 cm³/mol. The molecule has 0 radical (unpaired) electrons. The third-order valence-corrected chi connectivity index (χ3v) is 4.54. The summed E-state index contributed by atoms with van der Waals surface area (Å²) in [5.74, 6) is -0.175. The molecule has 0 aliphatic carbocycles. The van der Waals surface area contributed by atoms with Gasteiger partial charge >= 0.3 is 0 Å². The van der Waals surface area contributed by atoms with E-state index in [4.69, 9.17) is 0 Å². The summed E-state index contributed by atoms with van der Waals surface area (Å²) >= 11 is 0. The first-order valence-corrected chi connectivity index (χ1v) is 8.87. The maximum absolute atomic E-state index is 12.0. The van der Waals surface area contributed by atoms with Crippen LogP contribution < -0.4 is 10.0 Å². The zero-order valence-electron chi connectivity index (χ0n) is 12.7. The van der Waals surface area contributed by atoms with E-state index in [1.165, 1.54) is 24.3 Å². The van der Waals surface area contributed by atoms with Crippen molar-refractivity contribution in [2.24, 2.45) is 0 Å². The Labute approximate surface area is 127 Å². The highest BCUT2D eigenvalue weighted by molar-refractivity contribution is 7.89. The quantitative estimate of drug-likeness (QED) is 0.687. The van der Waals surface area contributed by atoms with Crippen LogP contribution in [-0.2, 0) is 10.0 Å². The summed E-state index contributed by atoms with van der Waals surface area (Å²) in [5, 5.41) is 2.80. The molecule has 0 aliphatic rings. The van der Waals surface area contributed by atoms with Crippen molar-refractivity contribution >= 4 is 15.9 Å². The largest absolute Gasteiger partial charge is 0.352 e. The second-order valence-electron chi connectivity index (χ2n) is 4.89. The first kappa shape index (κ1) is 17.7. The molecule has 0 bridgehead atoms. The Morgan fingerprint density at radius 3 is 2.14 bits per heavy atom. The Hall–Kier alpha value is -1.40. The second kappa shape index (κ2) is 8.79. The number of hydrogen-bond donors (Lipinski definition) is 2. The van der Waals surface area contributed by atoms with Gasteiger partial charge < -0.3 is 5.32 Å². The monoisotopic (exact) mass is 312 g/mol. The molecular formula is C15H24N2O3S. The predicted octanol–water partition coefficient (Wildman–Crippen LogP) is 2.29. The van der Waals surface area contributed by atoms with Gasteiger partial charge in [0.2, 0.25) is 10.0 Å². The lowest BCUT2D eigenvalue weighted by molar-refractivity contribution is 0.0953. The number of hydrogen-bond acceptors (Lipinski definition) is 3. The van der Waals surface area contributed by atoms with Gasteiger partial charge in [-0.25, -0.2) is 13.1 Å². The van der Waals surface area contributed by atoms with E-state index in [-0.39, 0.29) is 10.8 Å². The van der Waals surface area contributed by atoms with Crippen molar-refractivity contribution in [2.45, 2.75) is 44.4 Å².